The topological polar surface area (TPSA) is 88.5 Å². The molecular formula is C15H18FN5O3. The molecule has 1 aliphatic rings. The molecule has 2 heterocycles. The first-order valence-electron chi connectivity index (χ1n) is 7.65. The van der Waals surface area contributed by atoms with Crippen LogP contribution in [0.25, 0.3) is 0 Å². The number of benzene rings is 1. The highest BCUT2D eigenvalue weighted by atomic mass is 19.1. The molecule has 0 radical (unpaired) electrons. The van der Waals surface area contributed by atoms with Crippen LogP contribution in [0.1, 0.15) is 24.7 Å². The zero-order valence-corrected chi connectivity index (χ0v) is 13.5. The predicted molar refractivity (Wildman–Crippen MR) is 85.9 cm³/mol. The molecule has 1 atom stereocenters. The molecule has 0 saturated carbocycles. The van der Waals surface area contributed by atoms with Crippen LogP contribution in [0.5, 0.6) is 0 Å². The summed E-state index contributed by atoms with van der Waals surface area (Å²) in [6, 6.07) is 3.65. The van der Waals surface area contributed by atoms with Gasteiger partial charge < -0.3 is 14.3 Å². The lowest BCUT2D eigenvalue weighted by Crippen LogP contribution is -2.35. The number of hydrogen-bond acceptors (Lipinski definition) is 7. The van der Waals surface area contributed by atoms with E-state index in [1.807, 2.05) is 19.0 Å². The van der Waals surface area contributed by atoms with Gasteiger partial charge in [-0.05, 0) is 30.1 Å². The number of hydrogen-bond donors (Lipinski definition) is 0. The van der Waals surface area contributed by atoms with Crippen LogP contribution in [-0.2, 0) is 0 Å². The third-order valence-corrected chi connectivity index (χ3v) is 4.08. The van der Waals surface area contributed by atoms with Gasteiger partial charge in [0.15, 0.2) is 0 Å². The summed E-state index contributed by atoms with van der Waals surface area (Å²) in [7, 11) is 3.65. The molecule has 0 N–H and O–H groups in total. The fourth-order valence-electron chi connectivity index (χ4n) is 2.88. The van der Waals surface area contributed by atoms with E-state index in [1.165, 1.54) is 12.1 Å². The van der Waals surface area contributed by atoms with Crippen molar-refractivity contribution in [1.82, 2.24) is 10.1 Å². The van der Waals surface area contributed by atoms with Crippen molar-refractivity contribution in [3.63, 3.8) is 0 Å². The first-order valence-corrected chi connectivity index (χ1v) is 7.65. The maximum atomic E-state index is 13.3. The maximum Gasteiger partial charge on any atom is 0.295 e. The van der Waals surface area contributed by atoms with Crippen molar-refractivity contribution in [3.05, 3.63) is 40.0 Å². The van der Waals surface area contributed by atoms with E-state index >= 15 is 0 Å². The molecule has 0 spiro atoms. The van der Waals surface area contributed by atoms with Gasteiger partial charge in [-0.15, -0.1) is 0 Å². The minimum absolute atomic E-state index is 0.00962. The molecule has 1 saturated heterocycles. The van der Waals surface area contributed by atoms with Crippen molar-refractivity contribution in [2.75, 3.05) is 37.0 Å². The van der Waals surface area contributed by atoms with Gasteiger partial charge >= 0.3 is 0 Å². The van der Waals surface area contributed by atoms with Gasteiger partial charge in [-0.1, -0.05) is 0 Å². The molecule has 0 aliphatic carbocycles. The van der Waals surface area contributed by atoms with Gasteiger partial charge in [0.05, 0.1) is 16.9 Å². The summed E-state index contributed by atoms with van der Waals surface area (Å²) in [5, 5.41) is 15.1. The first-order chi connectivity index (χ1) is 11.5. The Morgan fingerprint density at radius 2 is 2.25 bits per heavy atom. The van der Waals surface area contributed by atoms with E-state index in [4.69, 9.17) is 4.52 Å². The molecule has 1 aliphatic heterocycles. The number of nitrogens with zero attached hydrogens (tertiary/aromatic N) is 5. The van der Waals surface area contributed by atoms with E-state index in [2.05, 4.69) is 10.1 Å². The second-order valence-corrected chi connectivity index (χ2v) is 6.00. The number of anilines is 2. The van der Waals surface area contributed by atoms with E-state index in [0.717, 1.165) is 18.9 Å². The Bertz CT molecular complexity index is 748. The largest absolute Gasteiger partial charge is 0.365 e. The van der Waals surface area contributed by atoms with Crippen LogP contribution in [0.3, 0.4) is 0 Å². The second kappa shape index (κ2) is 6.42. The van der Waals surface area contributed by atoms with Gasteiger partial charge in [0.2, 0.25) is 5.89 Å². The number of halogens is 1. The van der Waals surface area contributed by atoms with Crippen molar-refractivity contribution in [2.24, 2.45) is 0 Å². The van der Waals surface area contributed by atoms with Crippen LogP contribution in [0.2, 0.25) is 0 Å². The third-order valence-electron chi connectivity index (χ3n) is 4.08. The Balaban J connectivity index is 1.84. The van der Waals surface area contributed by atoms with Crippen molar-refractivity contribution < 1.29 is 13.8 Å². The number of rotatable bonds is 4. The van der Waals surface area contributed by atoms with Crippen LogP contribution < -0.4 is 9.80 Å². The highest BCUT2D eigenvalue weighted by Crippen LogP contribution is 2.34. The molecule has 1 aromatic carbocycles. The van der Waals surface area contributed by atoms with Gasteiger partial charge in [0.25, 0.3) is 11.6 Å². The average Bonchev–Trinajstić information content (AvgIpc) is 3.05. The van der Waals surface area contributed by atoms with E-state index < -0.39 is 10.7 Å². The normalized spacial score (nSPS) is 17.8. The average molecular weight is 335 g/mol. The lowest BCUT2D eigenvalue weighted by molar-refractivity contribution is -0.384. The fourth-order valence-corrected chi connectivity index (χ4v) is 2.88. The minimum Gasteiger partial charge on any atom is -0.365 e. The molecule has 3 rings (SSSR count). The molecule has 1 fully saturated rings. The molecule has 8 nitrogen and oxygen atoms in total. The lowest BCUT2D eigenvalue weighted by Gasteiger charge is -2.32. The number of nitro benzene ring substituents is 1. The van der Waals surface area contributed by atoms with Crippen molar-refractivity contribution in [1.29, 1.82) is 0 Å². The Hall–Kier alpha value is -2.71. The zero-order valence-electron chi connectivity index (χ0n) is 13.5. The van der Waals surface area contributed by atoms with Gasteiger partial charge in [0, 0.05) is 27.2 Å². The summed E-state index contributed by atoms with van der Waals surface area (Å²) < 4.78 is 18.7. The summed E-state index contributed by atoms with van der Waals surface area (Å²) >= 11 is 0. The standard InChI is InChI=1S/C15H18FN5O3/c1-19(2)15-17-14(24-18-15)10-4-3-7-20(9-10)12-6-5-11(16)8-13(12)21(22)23/h5-6,8,10H,3-4,7,9H2,1-2H3. The molecule has 9 heteroatoms. The van der Waals surface area contributed by atoms with Crippen LogP contribution in [0.15, 0.2) is 22.7 Å². The molecule has 0 bridgehead atoms. The Morgan fingerprint density at radius 3 is 2.92 bits per heavy atom. The molecule has 1 unspecified atom stereocenters. The SMILES string of the molecule is CN(C)c1noc(C2CCCN(c3ccc(F)cc3[N+](=O)[O-])C2)n1. The summed E-state index contributed by atoms with van der Waals surface area (Å²) in [6.07, 6.45) is 1.69. The molecular weight excluding hydrogens is 317 g/mol. The van der Waals surface area contributed by atoms with Crippen molar-refractivity contribution >= 4 is 17.3 Å². The Morgan fingerprint density at radius 1 is 1.46 bits per heavy atom. The van der Waals surface area contributed by atoms with Gasteiger partial charge in [-0.25, -0.2) is 4.39 Å². The Kier molecular flexibility index (Phi) is 4.32. The van der Waals surface area contributed by atoms with Gasteiger partial charge in [-0.3, -0.25) is 10.1 Å². The Labute approximate surface area is 138 Å². The van der Waals surface area contributed by atoms with E-state index in [-0.39, 0.29) is 11.6 Å². The number of aromatic nitrogens is 2. The van der Waals surface area contributed by atoms with Gasteiger partial charge in [0.1, 0.15) is 11.5 Å². The van der Waals surface area contributed by atoms with Gasteiger partial charge in [-0.2, -0.15) is 4.98 Å². The zero-order chi connectivity index (χ0) is 17.3. The fraction of sp³-hybridized carbons (Fsp3) is 0.467. The van der Waals surface area contributed by atoms with Crippen LogP contribution >= 0.6 is 0 Å². The highest BCUT2D eigenvalue weighted by molar-refractivity contribution is 5.63. The predicted octanol–water partition coefficient (Wildman–Crippen LogP) is 2.57. The summed E-state index contributed by atoms with van der Waals surface area (Å²) in [5.41, 5.74) is 0.189. The lowest BCUT2D eigenvalue weighted by atomic mass is 9.97. The first kappa shape index (κ1) is 16.2. The summed E-state index contributed by atoms with van der Waals surface area (Å²) in [5.74, 6) is 0.388. The third kappa shape index (κ3) is 3.15. The van der Waals surface area contributed by atoms with Crippen LogP contribution in [0.4, 0.5) is 21.7 Å². The van der Waals surface area contributed by atoms with Crippen LogP contribution in [0, 0.1) is 15.9 Å². The quantitative estimate of drug-likeness (QED) is 0.626. The van der Waals surface area contributed by atoms with Crippen molar-refractivity contribution in [2.45, 2.75) is 18.8 Å². The van der Waals surface area contributed by atoms with Crippen LogP contribution in [-0.4, -0.2) is 42.2 Å². The minimum atomic E-state index is -0.619. The van der Waals surface area contributed by atoms with E-state index in [0.29, 0.717) is 30.6 Å². The smallest absolute Gasteiger partial charge is 0.295 e. The summed E-state index contributed by atoms with van der Waals surface area (Å²) in [6.45, 7) is 1.18. The maximum absolute atomic E-state index is 13.3. The van der Waals surface area contributed by atoms with E-state index in [1.54, 1.807) is 4.90 Å². The molecule has 2 aromatic rings. The highest BCUT2D eigenvalue weighted by Gasteiger charge is 2.29. The number of piperidine rings is 1. The molecule has 1 aromatic heterocycles. The number of nitro groups is 1. The monoisotopic (exact) mass is 335 g/mol. The second-order valence-electron chi connectivity index (χ2n) is 6.00. The molecule has 128 valence electrons. The summed E-state index contributed by atoms with van der Waals surface area (Å²) in [4.78, 5) is 18.6. The van der Waals surface area contributed by atoms with E-state index in [9.17, 15) is 14.5 Å². The molecule has 0 amide bonds. The molecule has 24 heavy (non-hydrogen) atoms. The van der Waals surface area contributed by atoms with Crippen molar-refractivity contribution in [3.8, 4) is 0 Å².